The number of thiocarbonyl (C=S) groups is 1. The number of methoxy groups -OCH3 is 1. The van der Waals surface area contributed by atoms with Crippen molar-refractivity contribution >= 4 is 40.9 Å². The third-order valence-electron chi connectivity index (χ3n) is 2.57. The van der Waals surface area contributed by atoms with E-state index in [4.69, 9.17) is 28.6 Å². The Kier molecular flexibility index (Phi) is 3.54. The molecule has 94 valence electrons. The lowest BCUT2D eigenvalue weighted by molar-refractivity contribution is -0.121. The second-order valence-electron chi connectivity index (χ2n) is 3.75. The number of hydrogen-bond donors (Lipinski definition) is 1. The number of nitrogens with one attached hydrogen (secondary N) is 1. The van der Waals surface area contributed by atoms with Crippen molar-refractivity contribution < 1.29 is 9.53 Å². The SMILES string of the molecule is COc1ccc(/C=C2\NC(=S)N(C)C2=O)cc1Cl. The second kappa shape index (κ2) is 4.96. The summed E-state index contributed by atoms with van der Waals surface area (Å²) in [5.74, 6) is 0.434. The molecule has 1 aromatic rings. The summed E-state index contributed by atoms with van der Waals surface area (Å²) in [5.41, 5.74) is 1.23. The molecule has 0 saturated carbocycles. The minimum atomic E-state index is -0.160. The van der Waals surface area contributed by atoms with Crippen LogP contribution in [0.2, 0.25) is 5.02 Å². The highest BCUT2D eigenvalue weighted by molar-refractivity contribution is 7.80. The summed E-state index contributed by atoms with van der Waals surface area (Å²) in [6.07, 6.45) is 1.70. The zero-order valence-electron chi connectivity index (χ0n) is 9.86. The van der Waals surface area contributed by atoms with E-state index in [1.54, 1.807) is 32.4 Å². The zero-order chi connectivity index (χ0) is 13.3. The molecule has 0 bridgehead atoms. The first kappa shape index (κ1) is 12.9. The maximum Gasteiger partial charge on any atom is 0.276 e. The fourth-order valence-corrected chi connectivity index (χ4v) is 2.02. The Bertz CT molecular complexity index is 557. The largest absolute Gasteiger partial charge is 0.495 e. The molecule has 2 rings (SSSR count). The molecule has 1 amide bonds. The molecule has 1 heterocycles. The van der Waals surface area contributed by atoms with Crippen molar-refractivity contribution in [1.29, 1.82) is 0 Å². The van der Waals surface area contributed by atoms with E-state index >= 15 is 0 Å². The Morgan fingerprint density at radius 2 is 2.22 bits per heavy atom. The van der Waals surface area contributed by atoms with Crippen LogP contribution in [0.4, 0.5) is 0 Å². The van der Waals surface area contributed by atoms with Gasteiger partial charge in [-0.05, 0) is 36.0 Å². The lowest BCUT2D eigenvalue weighted by atomic mass is 10.2. The fraction of sp³-hybridized carbons (Fsp3) is 0.167. The highest BCUT2D eigenvalue weighted by Crippen LogP contribution is 2.26. The third-order valence-corrected chi connectivity index (χ3v) is 3.24. The van der Waals surface area contributed by atoms with Crippen molar-refractivity contribution in [3.05, 3.63) is 34.5 Å². The number of ether oxygens (including phenoxy) is 1. The number of amides is 1. The van der Waals surface area contributed by atoms with Gasteiger partial charge < -0.3 is 10.1 Å². The summed E-state index contributed by atoms with van der Waals surface area (Å²) >= 11 is 11.0. The molecular weight excluding hydrogens is 272 g/mol. The van der Waals surface area contributed by atoms with Crippen LogP contribution in [0.1, 0.15) is 5.56 Å². The first-order valence-electron chi connectivity index (χ1n) is 5.17. The van der Waals surface area contributed by atoms with Crippen molar-refractivity contribution in [1.82, 2.24) is 10.2 Å². The molecule has 1 saturated heterocycles. The predicted octanol–water partition coefficient (Wildman–Crippen LogP) is 2.04. The molecule has 0 aliphatic carbocycles. The minimum absolute atomic E-state index is 0.160. The molecule has 0 spiro atoms. The van der Waals surface area contributed by atoms with Gasteiger partial charge in [0.2, 0.25) is 0 Å². The number of carbonyl (C=O) groups is 1. The smallest absolute Gasteiger partial charge is 0.276 e. The van der Waals surface area contributed by atoms with Gasteiger partial charge in [0.05, 0.1) is 12.1 Å². The van der Waals surface area contributed by atoms with E-state index in [9.17, 15) is 4.79 Å². The van der Waals surface area contributed by atoms with Crippen molar-refractivity contribution in [2.75, 3.05) is 14.2 Å². The number of nitrogens with zero attached hydrogens (tertiary/aromatic N) is 1. The van der Waals surface area contributed by atoms with Gasteiger partial charge in [-0.25, -0.2) is 0 Å². The maximum atomic E-state index is 11.8. The summed E-state index contributed by atoms with van der Waals surface area (Å²) in [4.78, 5) is 13.2. The summed E-state index contributed by atoms with van der Waals surface area (Å²) in [7, 11) is 3.17. The minimum Gasteiger partial charge on any atom is -0.495 e. The third kappa shape index (κ3) is 2.32. The van der Waals surface area contributed by atoms with Crippen LogP contribution < -0.4 is 10.1 Å². The number of benzene rings is 1. The number of rotatable bonds is 2. The number of likely N-dealkylation sites (N-methyl/N-ethyl adjacent to an activating group) is 1. The average Bonchev–Trinajstić information content (AvgIpc) is 2.57. The van der Waals surface area contributed by atoms with Crippen LogP contribution in [0.25, 0.3) is 6.08 Å². The molecule has 0 unspecified atom stereocenters. The highest BCUT2D eigenvalue weighted by atomic mass is 35.5. The number of halogens is 1. The van der Waals surface area contributed by atoms with Gasteiger partial charge in [-0.2, -0.15) is 0 Å². The molecule has 6 heteroatoms. The first-order valence-corrected chi connectivity index (χ1v) is 5.96. The molecule has 1 aliphatic heterocycles. The van der Waals surface area contributed by atoms with Gasteiger partial charge >= 0.3 is 0 Å². The molecule has 1 aromatic carbocycles. The maximum absolute atomic E-state index is 11.8. The van der Waals surface area contributed by atoms with Gasteiger partial charge in [0.25, 0.3) is 5.91 Å². The van der Waals surface area contributed by atoms with E-state index < -0.39 is 0 Å². The first-order chi connectivity index (χ1) is 8.52. The monoisotopic (exact) mass is 282 g/mol. The molecule has 0 aromatic heterocycles. The van der Waals surface area contributed by atoms with Crippen LogP contribution in [-0.4, -0.2) is 30.1 Å². The summed E-state index contributed by atoms with van der Waals surface area (Å²) in [6, 6.07) is 5.29. The van der Waals surface area contributed by atoms with Crippen molar-refractivity contribution in [3.8, 4) is 5.75 Å². The molecule has 1 N–H and O–H groups in total. The van der Waals surface area contributed by atoms with Crippen molar-refractivity contribution in [2.24, 2.45) is 0 Å². The van der Waals surface area contributed by atoms with Crippen LogP contribution in [0, 0.1) is 0 Å². The Labute approximate surface area is 115 Å². The summed E-state index contributed by atoms with van der Waals surface area (Å²) in [5, 5.41) is 3.73. The lowest BCUT2D eigenvalue weighted by Gasteiger charge is -2.04. The van der Waals surface area contributed by atoms with Crippen LogP contribution >= 0.6 is 23.8 Å². The van der Waals surface area contributed by atoms with E-state index in [1.165, 1.54) is 4.90 Å². The quantitative estimate of drug-likeness (QED) is 0.666. The van der Waals surface area contributed by atoms with E-state index in [0.717, 1.165) is 5.56 Å². The lowest BCUT2D eigenvalue weighted by Crippen LogP contribution is -2.25. The number of carbonyl (C=O) groups excluding carboxylic acids is 1. The average molecular weight is 283 g/mol. The standard InChI is InChI=1S/C12H11ClN2O2S/c1-15-11(16)9(14-12(15)18)6-7-3-4-10(17-2)8(13)5-7/h3-6H,1-2H3,(H,14,18)/b9-6-. The van der Waals surface area contributed by atoms with Crippen molar-refractivity contribution in [2.45, 2.75) is 0 Å². The molecule has 0 radical (unpaired) electrons. The van der Waals surface area contributed by atoms with Crippen molar-refractivity contribution in [3.63, 3.8) is 0 Å². The summed E-state index contributed by atoms with van der Waals surface area (Å²) < 4.78 is 5.06. The van der Waals surface area contributed by atoms with Gasteiger partial charge in [0.15, 0.2) is 5.11 Å². The normalized spacial score (nSPS) is 17.3. The fourth-order valence-electron chi connectivity index (χ4n) is 1.56. The highest BCUT2D eigenvalue weighted by Gasteiger charge is 2.26. The van der Waals surface area contributed by atoms with Crippen LogP contribution in [0.15, 0.2) is 23.9 Å². The zero-order valence-corrected chi connectivity index (χ0v) is 11.4. The Morgan fingerprint density at radius 3 is 2.72 bits per heavy atom. The molecule has 1 fully saturated rings. The Morgan fingerprint density at radius 1 is 1.50 bits per heavy atom. The topological polar surface area (TPSA) is 41.6 Å². The molecule has 4 nitrogen and oxygen atoms in total. The van der Waals surface area contributed by atoms with Crippen LogP contribution in [0.5, 0.6) is 5.75 Å². The van der Waals surface area contributed by atoms with Gasteiger partial charge in [-0.1, -0.05) is 17.7 Å². The Balaban J connectivity index is 2.32. The molecule has 0 atom stereocenters. The second-order valence-corrected chi connectivity index (χ2v) is 4.54. The Hall–Kier alpha value is -1.59. The van der Waals surface area contributed by atoms with Crippen LogP contribution in [-0.2, 0) is 4.79 Å². The van der Waals surface area contributed by atoms with Crippen LogP contribution in [0.3, 0.4) is 0 Å². The number of hydrogen-bond acceptors (Lipinski definition) is 3. The van der Waals surface area contributed by atoms with E-state index in [-0.39, 0.29) is 5.91 Å². The van der Waals surface area contributed by atoms with E-state index in [2.05, 4.69) is 5.32 Å². The van der Waals surface area contributed by atoms with Gasteiger partial charge in [0, 0.05) is 7.05 Å². The van der Waals surface area contributed by atoms with E-state index in [1.807, 2.05) is 6.07 Å². The predicted molar refractivity (Wildman–Crippen MR) is 74.5 cm³/mol. The van der Waals surface area contributed by atoms with Gasteiger partial charge in [-0.3, -0.25) is 9.69 Å². The van der Waals surface area contributed by atoms with E-state index in [0.29, 0.717) is 21.6 Å². The molecular formula is C12H11ClN2O2S. The molecule has 1 aliphatic rings. The van der Waals surface area contributed by atoms with Gasteiger partial charge in [0.1, 0.15) is 11.4 Å². The molecule has 18 heavy (non-hydrogen) atoms. The van der Waals surface area contributed by atoms with Gasteiger partial charge in [-0.15, -0.1) is 0 Å². The summed E-state index contributed by atoms with van der Waals surface area (Å²) in [6.45, 7) is 0.